The highest BCUT2D eigenvalue weighted by atomic mass is 19.3. The van der Waals surface area contributed by atoms with Gasteiger partial charge in [0.1, 0.15) is 5.78 Å². The summed E-state index contributed by atoms with van der Waals surface area (Å²) in [5, 5.41) is 0. The van der Waals surface area contributed by atoms with Gasteiger partial charge in [-0.1, -0.05) is 18.2 Å². The minimum atomic E-state index is -2.58. The van der Waals surface area contributed by atoms with Crippen molar-refractivity contribution in [1.29, 1.82) is 0 Å². The van der Waals surface area contributed by atoms with Crippen molar-refractivity contribution < 1.29 is 18.4 Å². The molecule has 4 heteroatoms. The SMILES string of the molecule is O=C1CCCC(C(=O)c2cccc(C(F)F)c2)C1. The van der Waals surface area contributed by atoms with E-state index < -0.39 is 6.43 Å². The van der Waals surface area contributed by atoms with E-state index in [4.69, 9.17) is 0 Å². The summed E-state index contributed by atoms with van der Waals surface area (Å²) in [6.45, 7) is 0. The molecule has 2 rings (SSSR count). The number of rotatable bonds is 3. The second-order valence-electron chi connectivity index (χ2n) is 4.62. The first kappa shape index (κ1) is 12.9. The van der Waals surface area contributed by atoms with Crippen LogP contribution in [0.3, 0.4) is 0 Å². The number of hydrogen-bond acceptors (Lipinski definition) is 2. The lowest BCUT2D eigenvalue weighted by atomic mass is 9.83. The largest absolute Gasteiger partial charge is 0.300 e. The molecule has 1 unspecified atom stereocenters. The number of carbonyl (C=O) groups is 2. The Labute approximate surface area is 104 Å². The van der Waals surface area contributed by atoms with Gasteiger partial charge < -0.3 is 0 Å². The summed E-state index contributed by atoms with van der Waals surface area (Å²) in [5.41, 5.74) is 0.135. The third kappa shape index (κ3) is 2.81. The number of alkyl halides is 2. The minimum Gasteiger partial charge on any atom is -0.300 e. The third-order valence-corrected chi connectivity index (χ3v) is 3.28. The molecule has 18 heavy (non-hydrogen) atoms. The fourth-order valence-electron chi connectivity index (χ4n) is 2.31. The Morgan fingerprint density at radius 3 is 2.78 bits per heavy atom. The Morgan fingerprint density at radius 2 is 2.11 bits per heavy atom. The van der Waals surface area contributed by atoms with Crippen LogP contribution in [0.5, 0.6) is 0 Å². The fraction of sp³-hybridized carbons (Fsp3) is 0.429. The van der Waals surface area contributed by atoms with Crippen LogP contribution < -0.4 is 0 Å². The zero-order valence-corrected chi connectivity index (χ0v) is 9.86. The van der Waals surface area contributed by atoms with Gasteiger partial charge in [-0.25, -0.2) is 8.78 Å². The molecule has 0 bridgehead atoms. The fourth-order valence-corrected chi connectivity index (χ4v) is 2.31. The average Bonchev–Trinajstić information content (AvgIpc) is 2.38. The standard InChI is InChI=1S/C14H14F2O2/c15-14(16)11-5-1-3-9(7-11)13(18)10-4-2-6-12(17)8-10/h1,3,5,7,10,14H,2,4,6,8H2. The molecule has 1 saturated carbocycles. The maximum atomic E-state index is 12.5. The van der Waals surface area contributed by atoms with Crippen LogP contribution in [-0.4, -0.2) is 11.6 Å². The van der Waals surface area contributed by atoms with Crippen molar-refractivity contribution >= 4 is 11.6 Å². The first-order chi connectivity index (χ1) is 8.58. The molecule has 0 aliphatic heterocycles. The second-order valence-corrected chi connectivity index (χ2v) is 4.62. The first-order valence-electron chi connectivity index (χ1n) is 6.02. The molecule has 1 aromatic rings. The summed E-state index contributed by atoms with van der Waals surface area (Å²) in [6, 6.07) is 5.52. The van der Waals surface area contributed by atoms with Gasteiger partial charge in [0.2, 0.25) is 0 Å². The van der Waals surface area contributed by atoms with E-state index >= 15 is 0 Å². The minimum absolute atomic E-state index is 0.0876. The maximum absolute atomic E-state index is 12.5. The molecule has 1 fully saturated rings. The van der Waals surface area contributed by atoms with Gasteiger partial charge in [0, 0.05) is 29.9 Å². The second kappa shape index (κ2) is 5.38. The van der Waals surface area contributed by atoms with Gasteiger partial charge >= 0.3 is 0 Å². The summed E-state index contributed by atoms with van der Waals surface area (Å²) in [5.74, 6) is -0.436. The average molecular weight is 252 g/mol. The first-order valence-corrected chi connectivity index (χ1v) is 6.02. The highest BCUT2D eigenvalue weighted by Gasteiger charge is 2.26. The Balaban J connectivity index is 2.17. The number of Topliss-reactive ketones (excluding diaryl/α,β-unsaturated/α-hetero) is 2. The van der Waals surface area contributed by atoms with Gasteiger partial charge in [-0.2, -0.15) is 0 Å². The van der Waals surface area contributed by atoms with Crippen molar-refractivity contribution in [3.63, 3.8) is 0 Å². The number of carbonyl (C=O) groups excluding carboxylic acids is 2. The Kier molecular flexibility index (Phi) is 3.84. The Morgan fingerprint density at radius 1 is 1.33 bits per heavy atom. The monoisotopic (exact) mass is 252 g/mol. The van der Waals surface area contributed by atoms with Crippen LogP contribution in [0.1, 0.15) is 48.0 Å². The summed E-state index contributed by atoms with van der Waals surface area (Å²) in [4.78, 5) is 23.4. The molecule has 1 atom stereocenters. The molecule has 0 aromatic heterocycles. The molecule has 0 amide bonds. The van der Waals surface area contributed by atoms with E-state index in [0.717, 1.165) is 0 Å². The van der Waals surface area contributed by atoms with Crippen molar-refractivity contribution in [3.05, 3.63) is 35.4 Å². The van der Waals surface area contributed by atoms with E-state index in [1.807, 2.05) is 0 Å². The van der Waals surface area contributed by atoms with Gasteiger partial charge in [0.25, 0.3) is 6.43 Å². The number of ketones is 2. The van der Waals surface area contributed by atoms with Gasteiger partial charge in [0.05, 0.1) is 0 Å². The molecule has 1 aliphatic carbocycles. The highest BCUT2D eigenvalue weighted by molar-refractivity contribution is 6.00. The third-order valence-electron chi connectivity index (χ3n) is 3.28. The lowest BCUT2D eigenvalue weighted by Crippen LogP contribution is -2.23. The van der Waals surface area contributed by atoms with Crippen LogP contribution in [0.2, 0.25) is 0 Å². The summed E-state index contributed by atoms with van der Waals surface area (Å²) >= 11 is 0. The zero-order valence-electron chi connectivity index (χ0n) is 9.86. The molecular weight excluding hydrogens is 238 g/mol. The van der Waals surface area contributed by atoms with Gasteiger partial charge in [-0.15, -0.1) is 0 Å². The Hall–Kier alpha value is -1.58. The lowest BCUT2D eigenvalue weighted by molar-refractivity contribution is -0.121. The predicted octanol–water partition coefficient (Wildman–Crippen LogP) is 3.57. The molecule has 1 aliphatic rings. The molecule has 96 valence electrons. The maximum Gasteiger partial charge on any atom is 0.263 e. The van der Waals surface area contributed by atoms with Crippen molar-refractivity contribution in [2.24, 2.45) is 5.92 Å². The van der Waals surface area contributed by atoms with Crippen molar-refractivity contribution in [1.82, 2.24) is 0 Å². The molecule has 0 N–H and O–H groups in total. The Bertz CT molecular complexity index is 469. The van der Waals surface area contributed by atoms with Crippen molar-refractivity contribution in [2.45, 2.75) is 32.1 Å². The van der Waals surface area contributed by atoms with Gasteiger partial charge in [-0.3, -0.25) is 9.59 Å². The quantitative estimate of drug-likeness (QED) is 0.771. The van der Waals surface area contributed by atoms with Crippen LogP contribution in [-0.2, 0) is 4.79 Å². The smallest absolute Gasteiger partial charge is 0.263 e. The van der Waals surface area contributed by atoms with E-state index in [-0.39, 0.29) is 35.0 Å². The zero-order chi connectivity index (χ0) is 13.1. The number of halogens is 2. The van der Waals surface area contributed by atoms with Crippen molar-refractivity contribution in [3.8, 4) is 0 Å². The van der Waals surface area contributed by atoms with Crippen LogP contribution >= 0.6 is 0 Å². The topological polar surface area (TPSA) is 34.1 Å². The summed E-state index contributed by atoms with van der Waals surface area (Å²) < 4.78 is 25.1. The molecule has 1 aromatic carbocycles. The van der Waals surface area contributed by atoms with E-state index in [2.05, 4.69) is 0 Å². The van der Waals surface area contributed by atoms with Crippen LogP contribution in [0, 0.1) is 5.92 Å². The normalized spacial score (nSPS) is 20.2. The van der Waals surface area contributed by atoms with Crippen LogP contribution in [0.25, 0.3) is 0 Å². The van der Waals surface area contributed by atoms with Crippen LogP contribution in [0.15, 0.2) is 24.3 Å². The molecule has 0 saturated heterocycles. The van der Waals surface area contributed by atoms with E-state index in [1.165, 1.54) is 24.3 Å². The number of benzene rings is 1. The highest BCUT2D eigenvalue weighted by Crippen LogP contribution is 2.26. The van der Waals surface area contributed by atoms with Gasteiger partial charge in [0.15, 0.2) is 5.78 Å². The number of hydrogen-bond donors (Lipinski definition) is 0. The van der Waals surface area contributed by atoms with Crippen molar-refractivity contribution in [2.75, 3.05) is 0 Å². The summed E-state index contributed by atoms with van der Waals surface area (Å²) in [6.07, 6.45) is -0.419. The van der Waals surface area contributed by atoms with Crippen LogP contribution in [0.4, 0.5) is 8.78 Å². The molecule has 0 radical (unpaired) electrons. The van der Waals surface area contributed by atoms with E-state index in [0.29, 0.717) is 19.3 Å². The molecule has 2 nitrogen and oxygen atoms in total. The molecule has 0 heterocycles. The summed E-state index contributed by atoms with van der Waals surface area (Å²) in [7, 11) is 0. The molecular formula is C14H14F2O2. The lowest BCUT2D eigenvalue weighted by Gasteiger charge is -2.19. The van der Waals surface area contributed by atoms with E-state index in [1.54, 1.807) is 0 Å². The predicted molar refractivity (Wildman–Crippen MR) is 62.7 cm³/mol. The van der Waals surface area contributed by atoms with Gasteiger partial charge in [-0.05, 0) is 18.9 Å². The van der Waals surface area contributed by atoms with E-state index in [9.17, 15) is 18.4 Å². The molecule has 0 spiro atoms.